The topological polar surface area (TPSA) is 111 Å². The number of amides is 3. The number of aliphatic hydroxyl groups is 2. The molecule has 3 fully saturated rings. The summed E-state index contributed by atoms with van der Waals surface area (Å²) in [5, 5.41) is 21.3. The van der Waals surface area contributed by atoms with Crippen LogP contribution in [-0.4, -0.2) is 70.3 Å². The minimum Gasteiger partial charge on any atom is -0.394 e. The second-order valence-electron chi connectivity index (χ2n) is 13.2. The van der Waals surface area contributed by atoms with E-state index in [9.17, 15) is 24.6 Å². The van der Waals surface area contributed by atoms with E-state index in [0.29, 0.717) is 31.6 Å². The van der Waals surface area contributed by atoms with Crippen LogP contribution in [0.2, 0.25) is 0 Å². The number of piperidine rings is 1. The Labute approximate surface area is 253 Å². The number of benzene rings is 2. The van der Waals surface area contributed by atoms with Crippen LogP contribution in [0.4, 0.5) is 11.4 Å². The smallest absolute Gasteiger partial charge is 0.264 e. The molecule has 43 heavy (non-hydrogen) atoms. The molecule has 3 saturated heterocycles. The van der Waals surface area contributed by atoms with Crippen LogP contribution in [0.5, 0.6) is 0 Å². The SMILES string of the molecule is C[C@H]1[C@H](C(C)(C)O)[C@@H](CC(=O)N2CCC[C@H]2CO)O[C@]12C(=O)N(Cc1ccccc1)c1ccc(N3CCCCC3=O)cc12. The van der Waals surface area contributed by atoms with Gasteiger partial charge in [-0.3, -0.25) is 14.4 Å². The standard InChI is InChI=1S/C34H43N3O6/c1-22-31(33(2,3)42)28(19-30(40)36-17-9-12-25(36)21-38)43-34(22)26-18-24(35-16-8-7-13-29(35)39)14-15-27(26)37(32(34)41)20-23-10-5-4-6-11-23/h4-6,10-11,14-15,18,22,25,28,31,38,42H,7-9,12-13,16-17,19-21H2,1-3H3/t22-,25-,28+,31-,34+/m0/s1. The molecule has 4 heterocycles. The van der Waals surface area contributed by atoms with Gasteiger partial charge < -0.3 is 29.6 Å². The lowest BCUT2D eigenvalue weighted by molar-refractivity contribution is -0.150. The lowest BCUT2D eigenvalue weighted by Gasteiger charge is -2.34. The van der Waals surface area contributed by atoms with E-state index in [0.717, 1.165) is 42.6 Å². The fourth-order valence-corrected chi connectivity index (χ4v) is 8.08. The molecule has 2 aromatic rings. The third-order valence-electron chi connectivity index (χ3n) is 10.1. The first kappa shape index (κ1) is 29.8. The van der Waals surface area contributed by atoms with Crippen molar-refractivity contribution in [2.45, 2.75) is 89.2 Å². The van der Waals surface area contributed by atoms with Gasteiger partial charge in [-0.2, -0.15) is 0 Å². The summed E-state index contributed by atoms with van der Waals surface area (Å²) in [6.07, 6.45) is 3.13. The van der Waals surface area contributed by atoms with Crippen molar-refractivity contribution < 1.29 is 29.3 Å². The molecule has 5 atom stereocenters. The van der Waals surface area contributed by atoms with Gasteiger partial charge >= 0.3 is 0 Å². The van der Waals surface area contributed by atoms with Gasteiger partial charge in [0.05, 0.1) is 43.0 Å². The molecule has 0 bridgehead atoms. The molecule has 0 saturated carbocycles. The van der Waals surface area contributed by atoms with E-state index in [1.807, 2.05) is 55.5 Å². The molecule has 6 rings (SSSR count). The highest BCUT2D eigenvalue weighted by Crippen LogP contribution is 2.58. The summed E-state index contributed by atoms with van der Waals surface area (Å²) in [7, 11) is 0. The summed E-state index contributed by atoms with van der Waals surface area (Å²) in [4.78, 5) is 46.5. The molecule has 9 nitrogen and oxygen atoms in total. The quantitative estimate of drug-likeness (QED) is 0.509. The van der Waals surface area contributed by atoms with Crippen LogP contribution < -0.4 is 9.80 Å². The van der Waals surface area contributed by atoms with Crippen molar-refractivity contribution in [2.24, 2.45) is 11.8 Å². The van der Waals surface area contributed by atoms with Crippen molar-refractivity contribution >= 4 is 29.1 Å². The number of carbonyl (C=O) groups excluding carboxylic acids is 3. The van der Waals surface area contributed by atoms with Crippen LogP contribution >= 0.6 is 0 Å². The second kappa shape index (κ2) is 11.3. The predicted molar refractivity (Wildman–Crippen MR) is 162 cm³/mol. The number of ether oxygens (including phenoxy) is 1. The number of likely N-dealkylation sites (tertiary alicyclic amines) is 1. The third-order valence-corrected chi connectivity index (χ3v) is 10.1. The van der Waals surface area contributed by atoms with Crippen molar-refractivity contribution in [1.29, 1.82) is 0 Å². The van der Waals surface area contributed by atoms with Crippen molar-refractivity contribution in [3.8, 4) is 0 Å². The van der Waals surface area contributed by atoms with Gasteiger partial charge in [-0.1, -0.05) is 37.3 Å². The Morgan fingerprint density at radius 1 is 1.07 bits per heavy atom. The summed E-state index contributed by atoms with van der Waals surface area (Å²) >= 11 is 0. The third kappa shape index (κ3) is 5.05. The summed E-state index contributed by atoms with van der Waals surface area (Å²) in [6.45, 7) is 6.81. The Kier molecular flexibility index (Phi) is 7.85. The number of carbonyl (C=O) groups is 3. The molecule has 3 amide bonds. The number of anilines is 2. The van der Waals surface area contributed by atoms with Gasteiger partial charge in [0.25, 0.3) is 5.91 Å². The normalized spacial score (nSPS) is 29.2. The first-order chi connectivity index (χ1) is 20.6. The van der Waals surface area contributed by atoms with Gasteiger partial charge in [-0.05, 0) is 63.3 Å². The molecule has 0 aromatic heterocycles. The van der Waals surface area contributed by atoms with Crippen molar-refractivity contribution in [2.75, 3.05) is 29.5 Å². The Morgan fingerprint density at radius 2 is 1.84 bits per heavy atom. The zero-order valence-corrected chi connectivity index (χ0v) is 25.4. The van der Waals surface area contributed by atoms with E-state index in [1.54, 1.807) is 28.5 Å². The van der Waals surface area contributed by atoms with Gasteiger partial charge in [-0.25, -0.2) is 0 Å². The maximum absolute atomic E-state index is 14.7. The molecule has 0 aliphatic carbocycles. The molecule has 230 valence electrons. The van der Waals surface area contributed by atoms with Crippen LogP contribution in [-0.2, 0) is 31.3 Å². The Hall–Kier alpha value is -3.27. The molecule has 1 spiro atoms. The molecule has 2 aromatic carbocycles. The first-order valence-corrected chi connectivity index (χ1v) is 15.7. The largest absolute Gasteiger partial charge is 0.394 e. The molecular formula is C34H43N3O6. The van der Waals surface area contributed by atoms with Gasteiger partial charge in [0.15, 0.2) is 5.60 Å². The summed E-state index contributed by atoms with van der Waals surface area (Å²) in [5.74, 6) is -1.30. The fourth-order valence-electron chi connectivity index (χ4n) is 8.08. The van der Waals surface area contributed by atoms with Crippen LogP contribution in [0.3, 0.4) is 0 Å². The Balaban J connectivity index is 1.43. The monoisotopic (exact) mass is 589 g/mol. The minimum absolute atomic E-state index is 0.00282. The molecule has 2 N–H and O–H groups in total. The average Bonchev–Trinajstić information content (AvgIpc) is 3.64. The van der Waals surface area contributed by atoms with Gasteiger partial charge in [0, 0.05) is 42.6 Å². The zero-order chi connectivity index (χ0) is 30.5. The van der Waals surface area contributed by atoms with Gasteiger partial charge in [0.2, 0.25) is 11.8 Å². The van der Waals surface area contributed by atoms with Crippen LogP contribution in [0.25, 0.3) is 0 Å². The van der Waals surface area contributed by atoms with Crippen LogP contribution in [0.1, 0.15) is 70.4 Å². The Morgan fingerprint density at radius 3 is 2.53 bits per heavy atom. The lowest BCUT2D eigenvalue weighted by atomic mass is 9.70. The van der Waals surface area contributed by atoms with Crippen molar-refractivity contribution in [1.82, 2.24) is 4.90 Å². The van der Waals surface area contributed by atoms with E-state index in [1.165, 1.54) is 0 Å². The van der Waals surface area contributed by atoms with E-state index >= 15 is 0 Å². The average molecular weight is 590 g/mol. The summed E-state index contributed by atoms with van der Waals surface area (Å²) < 4.78 is 6.87. The van der Waals surface area contributed by atoms with Crippen molar-refractivity contribution in [3.05, 3.63) is 59.7 Å². The minimum atomic E-state index is -1.43. The maximum atomic E-state index is 14.7. The second-order valence-corrected chi connectivity index (χ2v) is 13.2. The van der Waals surface area contributed by atoms with Gasteiger partial charge in [-0.15, -0.1) is 0 Å². The first-order valence-electron chi connectivity index (χ1n) is 15.7. The molecule has 0 radical (unpaired) electrons. The van der Waals surface area contributed by atoms with Crippen LogP contribution in [0, 0.1) is 11.8 Å². The summed E-state index contributed by atoms with van der Waals surface area (Å²) in [5.41, 5.74) is 0.411. The summed E-state index contributed by atoms with van der Waals surface area (Å²) in [6, 6.07) is 15.3. The lowest BCUT2D eigenvalue weighted by Crippen LogP contribution is -2.46. The van der Waals surface area contributed by atoms with E-state index < -0.39 is 29.1 Å². The number of rotatable bonds is 7. The molecule has 0 unspecified atom stereocenters. The highest BCUT2D eigenvalue weighted by atomic mass is 16.5. The number of hydrogen-bond acceptors (Lipinski definition) is 6. The Bertz CT molecular complexity index is 1390. The van der Waals surface area contributed by atoms with E-state index in [2.05, 4.69) is 0 Å². The number of nitrogens with zero attached hydrogens (tertiary/aromatic N) is 3. The molecule has 9 heteroatoms. The fraction of sp³-hybridized carbons (Fsp3) is 0.559. The van der Waals surface area contributed by atoms with Crippen LogP contribution in [0.15, 0.2) is 48.5 Å². The number of aliphatic hydroxyl groups excluding tert-OH is 1. The molecule has 4 aliphatic rings. The highest BCUT2D eigenvalue weighted by Gasteiger charge is 2.66. The highest BCUT2D eigenvalue weighted by molar-refractivity contribution is 6.08. The number of hydrogen-bond donors (Lipinski definition) is 2. The van der Waals surface area contributed by atoms with Gasteiger partial charge in [0.1, 0.15) is 0 Å². The number of fused-ring (bicyclic) bond motifs is 2. The van der Waals surface area contributed by atoms with E-state index in [4.69, 9.17) is 4.74 Å². The van der Waals surface area contributed by atoms with E-state index in [-0.39, 0.29) is 36.8 Å². The molecular weight excluding hydrogens is 546 g/mol. The maximum Gasteiger partial charge on any atom is 0.264 e. The molecule has 4 aliphatic heterocycles. The van der Waals surface area contributed by atoms with Crippen molar-refractivity contribution in [3.63, 3.8) is 0 Å². The zero-order valence-electron chi connectivity index (χ0n) is 25.4. The predicted octanol–water partition coefficient (Wildman–Crippen LogP) is 3.74.